The largest absolute Gasteiger partial charge is 0.506 e. The van der Waals surface area contributed by atoms with E-state index in [-0.39, 0.29) is 46.0 Å². The van der Waals surface area contributed by atoms with Gasteiger partial charge in [0.05, 0.1) is 17.9 Å². The summed E-state index contributed by atoms with van der Waals surface area (Å²) >= 11 is 13.2. The summed E-state index contributed by atoms with van der Waals surface area (Å²) in [5, 5.41) is 20.3. The molecule has 3 aromatic carbocycles. The molecule has 11 heteroatoms. The SMILES string of the molecule is O=S1(=O)OC(c2cc(Br)c(O)c(Br)c2)(c2cc(Br)c(O)c(Br)c2)c2ccccc21.[Na]. The van der Waals surface area contributed by atoms with Gasteiger partial charge in [-0.1, -0.05) is 18.2 Å². The second-order valence-corrected chi connectivity index (χ2v) is 11.2. The molecule has 1 heterocycles. The minimum Gasteiger partial charge on any atom is -0.506 e. The molecule has 3 aromatic rings. The van der Waals surface area contributed by atoms with E-state index in [1.807, 2.05) is 0 Å². The number of aromatic hydroxyl groups is 2. The Labute approximate surface area is 228 Å². The molecule has 0 fully saturated rings. The molecule has 0 bridgehead atoms. The van der Waals surface area contributed by atoms with E-state index in [1.165, 1.54) is 6.07 Å². The zero-order chi connectivity index (χ0) is 21.1. The predicted molar refractivity (Wildman–Crippen MR) is 127 cm³/mol. The van der Waals surface area contributed by atoms with Crippen molar-refractivity contribution >= 4 is 103 Å². The standard InChI is InChI=1S/C19H10Br4O5S.Na/c20-12-5-9(6-13(21)17(12)24)19(10-7-14(22)18(25)15(23)8-10)11-3-1-2-4-16(11)29(26,27)28-19;/h1-8,24-25H;. The van der Waals surface area contributed by atoms with Crippen LogP contribution in [0.5, 0.6) is 11.5 Å². The summed E-state index contributed by atoms with van der Waals surface area (Å²) in [6, 6.07) is 12.9. The van der Waals surface area contributed by atoms with Crippen LogP contribution in [0.15, 0.2) is 71.3 Å². The third kappa shape index (κ3) is 3.86. The van der Waals surface area contributed by atoms with Gasteiger partial charge in [-0.3, -0.25) is 0 Å². The Hall–Kier alpha value is 0.0900. The Balaban J connectivity index is 0.00000256. The maximum absolute atomic E-state index is 12.9. The van der Waals surface area contributed by atoms with Crippen LogP contribution in [0.25, 0.3) is 0 Å². The number of hydrogen-bond acceptors (Lipinski definition) is 5. The first-order valence-corrected chi connectivity index (χ1v) is 12.6. The molecule has 30 heavy (non-hydrogen) atoms. The summed E-state index contributed by atoms with van der Waals surface area (Å²) in [5.41, 5.74) is -0.180. The molecule has 0 amide bonds. The maximum atomic E-state index is 12.9. The molecule has 0 spiro atoms. The van der Waals surface area contributed by atoms with Crippen molar-refractivity contribution in [1.29, 1.82) is 0 Å². The second-order valence-electron chi connectivity index (χ2n) is 6.29. The quantitative estimate of drug-likeness (QED) is 0.263. The van der Waals surface area contributed by atoms with E-state index in [4.69, 9.17) is 4.18 Å². The van der Waals surface area contributed by atoms with Gasteiger partial charge in [-0.2, -0.15) is 8.42 Å². The van der Waals surface area contributed by atoms with E-state index in [2.05, 4.69) is 63.7 Å². The molecule has 1 radical (unpaired) electrons. The Morgan fingerprint density at radius 2 is 1.17 bits per heavy atom. The van der Waals surface area contributed by atoms with Gasteiger partial charge in [0.1, 0.15) is 16.4 Å². The predicted octanol–water partition coefficient (Wildman–Crippen LogP) is 5.78. The minimum atomic E-state index is -4.07. The van der Waals surface area contributed by atoms with Crippen LogP contribution in [0.3, 0.4) is 0 Å². The van der Waals surface area contributed by atoms with Crippen molar-refractivity contribution in [1.82, 2.24) is 0 Å². The van der Waals surface area contributed by atoms with Crippen LogP contribution in [0, 0.1) is 0 Å². The summed E-state index contributed by atoms with van der Waals surface area (Å²) < 4.78 is 33.1. The Bertz CT molecular complexity index is 1180. The van der Waals surface area contributed by atoms with Crippen LogP contribution in [0.2, 0.25) is 0 Å². The summed E-state index contributed by atoms with van der Waals surface area (Å²) in [4.78, 5) is 0.0561. The van der Waals surface area contributed by atoms with E-state index < -0.39 is 15.7 Å². The number of phenols is 2. The molecule has 0 unspecified atom stereocenters. The van der Waals surface area contributed by atoms with Gasteiger partial charge in [-0.15, -0.1) is 0 Å². The van der Waals surface area contributed by atoms with Crippen molar-refractivity contribution in [2.45, 2.75) is 10.5 Å². The summed E-state index contributed by atoms with van der Waals surface area (Å²) in [7, 11) is -4.07. The Kier molecular flexibility index (Phi) is 7.25. The molecule has 4 rings (SSSR count). The molecule has 5 nitrogen and oxygen atoms in total. The fourth-order valence-electron chi connectivity index (χ4n) is 3.34. The zero-order valence-electron chi connectivity index (χ0n) is 15.2. The van der Waals surface area contributed by atoms with Crippen LogP contribution in [-0.2, 0) is 19.9 Å². The molecule has 0 saturated heterocycles. The smallest absolute Gasteiger partial charge is 0.298 e. The van der Waals surface area contributed by atoms with Crippen LogP contribution < -0.4 is 0 Å². The summed E-state index contributed by atoms with van der Waals surface area (Å²) in [6.45, 7) is 0. The first-order chi connectivity index (χ1) is 13.6. The third-order valence-electron chi connectivity index (χ3n) is 4.62. The van der Waals surface area contributed by atoms with E-state index >= 15 is 0 Å². The van der Waals surface area contributed by atoms with Gasteiger partial charge >= 0.3 is 0 Å². The topological polar surface area (TPSA) is 83.8 Å². The van der Waals surface area contributed by atoms with Gasteiger partial charge in [-0.25, -0.2) is 4.18 Å². The first kappa shape index (κ1) is 24.7. The number of fused-ring (bicyclic) bond motifs is 1. The van der Waals surface area contributed by atoms with Crippen molar-refractivity contribution in [3.05, 3.63) is 83.1 Å². The first-order valence-electron chi connectivity index (χ1n) is 8.00. The third-order valence-corrected chi connectivity index (χ3v) is 8.40. The van der Waals surface area contributed by atoms with Crippen molar-refractivity contribution in [2.75, 3.05) is 0 Å². The van der Waals surface area contributed by atoms with Crippen LogP contribution in [0.4, 0.5) is 0 Å². The minimum absolute atomic E-state index is 0. The van der Waals surface area contributed by atoms with E-state index in [0.29, 0.717) is 34.6 Å². The molecule has 0 aliphatic carbocycles. The van der Waals surface area contributed by atoms with E-state index in [1.54, 1.807) is 42.5 Å². The normalized spacial score (nSPS) is 16.0. The number of halogens is 4. The Morgan fingerprint density at radius 1 is 0.767 bits per heavy atom. The molecule has 0 aromatic heterocycles. The summed E-state index contributed by atoms with van der Waals surface area (Å²) in [6.07, 6.45) is 0. The maximum Gasteiger partial charge on any atom is 0.298 e. The second kappa shape index (κ2) is 8.79. The van der Waals surface area contributed by atoms with Gasteiger partial charge in [0.25, 0.3) is 10.1 Å². The molecule has 1 aliphatic heterocycles. The van der Waals surface area contributed by atoms with E-state index in [0.717, 1.165) is 0 Å². The van der Waals surface area contributed by atoms with Gasteiger partial charge in [-0.05, 0) is 105 Å². The zero-order valence-corrected chi connectivity index (χ0v) is 24.3. The number of benzene rings is 3. The molecular formula is C19H10Br4NaO5S. The molecule has 1 aliphatic rings. The van der Waals surface area contributed by atoms with Gasteiger partial charge in [0.15, 0.2) is 5.60 Å². The van der Waals surface area contributed by atoms with E-state index in [9.17, 15) is 18.6 Å². The van der Waals surface area contributed by atoms with Crippen molar-refractivity contribution in [2.24, 2.45) is 0 Å². The Morgan fingerprint density at radius 3 is 1.60 bits per heavy atom. The van der Waals surface area contributed by atoms with Gasteiger partial charge in [0.2, 0.25) is 0 Å². The molecule has 151 valence electrons. The van der Waals surface area contributed by atoms with Crippen molar-refractivity contribution in [3.63, 3.8) is 0 Å². The number of rotatable bonds is 2. The molecular weight excluding hydrogens is 683 g/mol. The molecule has 0 atom stereocenters. The van der Waals surface area contributed by atoms with Crippen LogP contribution in [-0.4, -0.2) is 48.2 Å². The van der Waals surface area contributed by atoms with Gasteiger partial charge in [0, 0.05) is 35.1 Å². The van der Waals surface area contributed by atoms with Crippen LogP contribution in [0.1, 0.15) is 16.7 Å². The van der Waals surface area contributed by atoms with Gasteiger partial charge < -0.3 is 10.2 Å². The number of hydrogen-bond donors (Lipinski definition) is 2. The monoisotopic (exact) mass is 689 g/mol. The van der Waals surface area contributed by atoms with Crippen LogP contribution >= 0.6 is 63.7 Å². The van der Waals surface area contributed by atoms with Crippen molar-refractivity contribution < 1.29 is 22.8 Å². The fraction of sp³-hybridized carbons (Fsp3) is 0.0526. The molecule has 0 saturated carbocycles. The summed E-state index contributed by atoms with van der Waals surface area (Å²) in [5.74, 6) is -0.0442. The average molecular weight is 693 g/mol. The average Bonchev–Trinajstić information content (AvgIpc) is 2.92. The number of phenolic OH excluding ortho intramolecular Hbond substituents is 2. The fourth-order valence-corrected chi connectivity index (χ4v) is 7.14. The molecule has 2 N–H and O–H groups in total. The van der Waals surface area contributed by atoms with Crippen molar-refractivity contribution in [3.8, 4) is 11.5 Å².